The number of methoxy groups -OCH3 is 1. The van der Waals surface area contributed by atoms with Crippen molar-refractivity contribution < 1.29 is 4.74 Å². The minimum Gasteiger partial charge on any atom is -0.496 e. The van der Waals surface area contributed by atoms with Crippen molar-refractivity contribution in [2.24, 2.45) is 4.99 Å². The average Bonchev–Trinajstić information content (AvgIpc) is 3.09. The molecule has 6 nitrogen and oxygen atoms in total. The Bertz CT molecular complexity index is 838. The molecule has 6 heteroatoms. The molecule has 0 spiro atoms. The maximum Gasteiger partial charge on any atom is 0.191 e. The Kier molecular flexibility index (Phi) is 6.09. The summed E-state index contributed by atoms with van der Waals surface area (Å²) in [6.07, 6.45) is 0.799. The molecule has 0 unspecified atom stereocenters. The smallest absolute Gasteiger partial charge is 0.191 e. The Morgan fingerprint density at radius 1 is 1.12 bits per heavy atom. The number of fused-ring (bicyclic) bond motifs is 1. The average molecular weight is 351 g/mol. The second kappa shape index (κ2) is 8.89. The van der Waals surface area contributed by atoms with Crippen LogP contribution in [0.2, 0.25) is 0 Å². The number of benzene rings is 2. The second-order valence-electron chi connectivity index (χ2n) is 5.88. The molecule has 3 aromatic rings. The molecule has 0 aliphatic carbocycles. The summed E-state index contributed by atoms with van der Waals surface area (Å²) in [5.74, 6) is 2.61. The summed E-state index contributed by atoms with van der Waals surface area (Å²) in [6, 6.07) is 16.0. The van der Waals surface area contributed by atoms with Crippen molar-refractivity contribution in [1.29, 1.82) is 0 Å². The molecule has 0 fully saturated rings. The molecule has 0 aliphatic rings. The Balaban J connectivity index is 1.59. The van der Waals surface area contributed by atoms with Crippen LogP contribution in [0, 0.1) is 0 Å². The van der Waals surface area contributed by atoms with Crippen molar-refractivity contribution in [3.63, 3.8) is 0 Å². The lowest BCUT2D eigenvalue weighted by molar-refractivity contribution is 0.410. The van der Waals surface area contributed by atoms with Gasteiger partial charge in [-0.1, -0.05) is 30.3 Å². The van der Waals surface area contributed by atoms with E-state index in [1.165, 1.54) is 0 Å². The van der Waals surface area contributed by atoms with E-state index in [1.807, 2.05) is 48.5 Å². The maximum atomic E-state index is 5.38. The highest BCUT2D eigenvalue weighted by atomic mass is 16.5. The number of rotatable bonds is 7. The second-order valence-corrected chi connectivity index (χ2v) is 5.88. The third-order valence-corrected chi connectivity index (χ3v) is 4.04. The van der Waals surface area contributed by atoms with Gasteiger partial charge in [0.1, 0.15) is 11.6 Å². The summed E-state index contributed by atoms with van der Waals surface area (Å²) >= 11 is 0. The van der Waals surface area contributed by atoms with Gasteiger partial charge >= 0.3 is 0 Å². The fraction of sp³-hybridized carbons (Fsp3) is 0.300. The molecule has 3 N–H and O–H groups in total. The first kappa shape index (κ1) is 17.8. The molecule has 0 amide bonds. The molecule has 0 saturated heterocycles. The molecule has 0 aliphatic heterocycles. The Morgan fingerprint density at radius 2 is 1.92 bits per heavy atom. The SMILES string of the molecule is CCNC(=NCc1ccccc1OC)NCCc1nc2ccccc2[nH]1. The third kappa shape index (κ3) is 4.53. The lowest BCUT2D eigenvalue weighted by atomic mass is 10.2. The first-order valence-corrected chi connectivity index (χ1v) is 8.88. The molecule has 0 atom stereocenters. The molecule has 3 rings (SSSR count). The Hall–Kier alpha value is -3.02. The topological polar surface area (TPSA) is 74.3 Å². The summed E-state index contributed by atoms with van der Waals surface area (Å²) < 4.78 is 5.38. The van der Waals surface area contributed by atoms with Gasteiger partial charge in [-0.25, -0.2) is 9.98 Å². The quantitative estimate of drug-likeness (QED) is 0.452. The molecule has 0 saturated carbocycles. The number of nitrogens with one attached hydrogen (secondary N) is 3. The van der Waals surface area contributed by atoms with Gasteiger partial charge in [0.25, 0.3) is 0 Å². The van der Waals surface area contributed by atoms with Crippen molar-refractivity contribution in [3.05, 3.63) is 59.9 Å². The molecule has 2 aromatic carbocycles. The third-order valence-electron chi connectivity index (χ3n) is 4.04. The highest BCUT2D eigenvalue weighted by Gasteiger charge is 2.04. The fourth-order valence-electron chi connectivity index (χ4n) is 2.76. The standard InChI is InChI=1S/C20H25N5O/c1-3-21-20(23-14-15-8-4-7-11-18(15)26-2)22-13-12-19-24-16-9-5-6-10-17(16)25-19/h4-11H,3,12-14H2,1-2H3,(H,24,25)(H2,21,22,23). The van der Waals surface area contributed by atoms with E-state index in [9.17, 15) is 0 Å². The van der Waals surface area contributed by atoms with Gasteiger partial charge in [-0.2, -0.15) is 0 Å². The molecule has 26 heavy (non-hydrogen) atoms. The van der Waals surface area contributed by atoms with Crippen molar-refractivity contribution in [2.45, 2.75) is 19.9 Å². The summed E-state index contributed by atoms with van der Waals surface area (Å²) in [6.45, 7) is 4.17. The highest BCUT2D eigenvalue weighted by Crippen LogP contribution is 2.17. The normalized spacial score (nSPS) is 11.5. The minimum absolute atomic E-state index is 0.560. The number of ether oxygens (including phenoxy) is 1. The lowest BCUT2D eigenvalue weighted by Crippen LogP contribution is -2.38. The van der Waals surface area contributed by atoms with E-state index in [0.717, 1.165) is 53.6 Å². The number of nitrogens with zero attached hydrogens (tertiary/aromatic N) is 2. The van der Waals surface area contributed by atoms with Gasteiger partial charge in [0.2, 0.25) is 0 Å². The monoisotopic (exact) mass is 351 g/mol. The van der Waals surface area contributed by atoms with Gasteiger partial charge in [0.15, 0.2) is 5.96 Å². The first-order chi connectivity index (χ1) is 12.8. The number of imidazole rings is 1. The van der Waals surface area contributed by atoms with Crippen molar-refractivity contribution in [3.8, 4) is 5.75 Å². The van der Waals surface area contributed by atoms with Gasteiger partial charge in [0.05, 0.1) is 24.7 Å². The zero-order valence-corrected chi connectivity index (χ0v) is 15.2. The number of para-hydroxylation sites is 3. The molecule has 1 heterocycles. The van der Waals surface area contributed by atoms with Crippen molar-refractivity contribution in [1.82, 2.24) is 20.6 Å². The summed E-state index contributed by atoms with van der Waals surface area (Å²) in [4.78, 5) is 12.6. The lowest BCUT2D eigenvalue weighted by Gasteiger charge is -2.11. The van der Waals surface area contributed by atoms with Crippen LogP contribution in [0.3, 0.4) is 0 Å². The fourth-order valence-corrected chi connectivity index (χ4v) is 2.76. The van der Waals surface area contributed by atoms with Gasteiger partial charge in [-0.3, -0.25) is 0 Å². The number of hydrogen-bond donors (Lipinski definition) is 3. The largest absolute Gasteiger partial charge is 0.496 e. The van der Waals surface area contributed by atoms with E-state index in [2.05, 4.69) is 32.5 Å². The van der Waals surface area contributed by atoms with E-state index in [-0.39, 0.29) is 0 Å². The molecular weight excluding hydrogens is 326 g/mol. The number of H-pyrrole nitrogens is 1. The number of aromatic nitrogens is 2. The van der Waals surface area contributed by atoms with Crippen LogP contribution in [0.25, 0.3) is 11.0 Å². The van der Waals surface area contributed by atoms with Crippen LogP contribution in [0.5, 0.6) is 5.75 Å². The molecular formula is C20H25N5O. The summed E-state index contributed by atoms with van der Waals surface area (Å²) in [7, 11) is 1.68. The predicted molar refractivity (Wildman–Crippen MR) is 106 cm³/mol. The minimum atomic E-state index is 0.560. The molecule has 0 radical (unpaired) electrons. The van der Waals surface area contributed by atoms with Crippen LogP contribution in [0.4, 0.5) is 0 Å². The predicted octanol–water partition coefficient (Wildman–Crippen LogP) is 2.87. The number of aliphatic imine (C=N–C) groups is 1. The zero-order valence-electron chi connectivity index (χ0n) is 15.2. The number of guanidine groups is 1. The van der Waals surface area contributed by atoms with E-state index in [0.29, 0.717) is 6.54 Å². The van der Waals surface area contributed by atoms with E-state index < -0.39 is 0 Å². The number of hydrogen-bond acceptors (Lipinski definition) is 3. The van der Waals surface area contributed by atoms with Gasteiger partial charge in [0, 0.05) is 25.1 Å². The van der Waals surface area contributed by atoms with Gasteiger partial charge < -0.3 is 20.4 Å². The van der Waals surface area contributed by atoms with Crippen LogP contribution < -0.4 is 15.4 Å². The summed E-state index contributed by atoms with van der Waals surface area (Å²) in [5.41, 5.74) is 3.13. The molecule has 1 aromatic heterocycles. The van der Waals surface area contributed by atoms with Crippen LogP contribution in [-0.4, -0.2) is 36.1 Å². The Labute approximate surface area is 153 Å². The summed E-state index contributed by atoms with van der Waals surface area (Å²) in [5, 5.41) is 6.63. The Morgan fingerprint density at radius 3 is 2.73 bits per heavy atom. The van der Waals surface area contributed by atoms with Crippen molar-refractivity contribution >= 4 is 17.0 Å². The van der Waals surface area contributed by atoms with E-state index >= 15 is 0 Å². The zero-order chi connectivity index (χ0) is 18.2. The number of aromatic amines is 1. The van der Waals surface area contributed by atoms with Crippen LogP contribution in [0.1, 0.15) is 18.3 Å². The first-order valence-electron chi connectivity index (χ1n) is 8.88. The highest BCUT2D eigenvalue weighted by molar-refractivity contribution is 5.79. The van der Waals surface area contributed by atoms with Crippen molar-refractivity contribution in [2.75, 3.05) is 20.2 Å². The van der Waals surface area contributed by atoms with Gasteiger partial charge in [-0.05, 0) is 25.1 Å². The van der Waals surface area contributed by atoms with Crippen LogP contribution >= 0.6 is 0 Å². The molecule has 136 valence electrons. The van der Waals surface area contributed by atoms with Gasteiger partial charge in [-0.15, -0.1) is 0 Å². The molecule has 0 bridgehead atoms. The van der Waals surface area contributed by atoms with E-state index in [4.69, 9.17) is 4.74 Å². The van der Waals surface area contributed by atoms with Crippen LogP contribution in [-0.2, 0) is 13.0 Å². The van der Waals surface area contributed by atoms with Crippen LogP contribution in [0.15, 0.2) is 53.5 Å². The maximum absolute atomic E-state index is 5.38. The van der Waals surface area contributed by atoms with E-state index in [1.54, 1.807) is 7.11 Å².